The molecule has 30 heavy (non-hydrogen) atoms. The third-order valence-electron chi connectivity index (χ3n) is 6.20. The number of fused-ring (bicyclic) bond motifs is 1. The van der Waals surface area contributed by atoms with Crippen molar-refractivity contribution in [2.24, 2.45) is 5.92 Å². The molecule has 0 radical (unpaired) electrons. The van der Waals surface area contributed by atoms with Crippen LogP contribution in [-0.4, -0.2) is 39.7 Å². The number of hydrogen-bond acceptors (Lipinski definition) is 4. The van der Waals surface area contributed by atoms with Gasteiger partial charge in [0.25, 0.3) is 0 Å². The minimum atomic E-state index is -4.40. The van der Waals surface area contributed by atoms with E-state index in [1.165, 1.54) is 10.5 Å². The number of nitrogens with one attached hydrogen (secondary N) is 1. The van der Waals surface area contributed by atoms with Gasteiger partial charge < -0.3 is 10.1 Å². The molecule has 2 saturated heterocycles. The van der Waals surface area contributed by atoms with Crippen LogP contribution in [0.4, 0.5) is 13.2 Å². The van der Waals surface area contributed by atoms with Crippen LogP contribution in [0, 0.1) is 5.92 Å². The van der Waals surface area contributed by atoms with E-state index in [1.54, 1.807) is 6.20 Å². The Morgan fingerprint density at radius 3 is 2.80 bits per heavy atom. The first-order valence-corrected chi connectivity index (χ1v) is 10.3. The molecule has 158 valence electrons. The Balaban J connectivity index is 1.39. The highest BCUT2D eigenvalue weighted by Gasteiger charge is 2.41. The SMILES string of the molecule is FC(F)(F)c1ccc2ncc(-c3cccc(C[C@H]4COC5(CCNCC5)C4)n3)n2c1. The van der Waals surface area contributed by atoms with Crippen molar-refractivity contribution in [1.82, 2.24) is 19.7 Å². The quantitative estimate of drug-likeness (QED) is 0.698. The summed E-state index contributed by atoms with van der Waals surface area (Å²) in [6.45, 7) is 2.72. The molecule has 3 aromatic rings. The maximum atomic E-state index is 13.1. The summed E-state index contributed by atoms with van der Waals surface area (Å²) in [6.07, 6.45) is 2.17. The van der Waals surface area contributed by atoms with Gasteiger partial charge in [0.2, 0.25) is 0 Å². The van der Waals surface area contributed by atoms with Gasteiger partial charge >= 0.3 is 6.18 Å². The number of piperidine rings is 1. The van der Waals surface area contributed by atoms with Crippen molar-refractivity contribution < 1.29 is 17.9 Å². The number of ether oxygens (including phenoxy) is 1. The topological polar surface area (TPSA) is 51.5 Å². The molecule has 5 nitrogen and oxygen atoms in total. The van der Waals surface area contributed by atoms with Crippen LogP contribution in [-0.2, 0) is 17.3 Å². The van der Waals surface area contributed by atoms with E-state index in [4.69, 9.17) is 9.72 Å². The Bertz CT molecular complexity index is 1060. The van der Waals surface area contributed by atoms with E-state index in [0.29, 0.717) is 23.0 Å². The predicted molar refractivity (Wildman–Crippen MR) is 106 cm³/mol. The highest BCUT2D eigenvalue weighted by atomic mass is 19.4. The first-order valence-electron chi connectivity index (χ1n) is 10.3. The maximum Gasteiger partial charge on any atom is 0.417 e. The smallest absolute Gasteiger partial charge is 0.375 e. The number of halogens is 3. The Kier molecular flexibility index (Phi) is 4.78. The summed E-state index contributed by atoms with van der Waals surface area (Å²) in [7, 11) is 0. The number of imidazole rings is 1. The van der Waals surface area contributed by atoms with Gasteiger partial charge in [0.15, 0.2) is 0 Å². The van der Waals surface area contributed by atoms with E-state index < -0.39 is 11.7 Å². The van der Waals surface area contributed by atoms with Crippen molar-refractivity contribution in [1.29, 1.82) is 0 Å². The van der Waals surface area contributed by atoms with Gasteiger partial charge in [-0.05, 0) is 69.0 Å². The Labute approximate surface area is 172 Å². The molecule has 8 heteroatoms. The average molecular weight is 416 g/mol. The van der Waals surface area contributed by atoms with Gasteiger partial charge in [-0.15, -0.1) is 0 Å². The Hall–Kier alpha value is -2.45. The summed E-state index contributed by atoms with van der Waals surface area (Å²) in [5.41, 5.74) is 1.85. The summed E-state index contributed by atoms with van der Waals surface area (Å²) in [4.78, 5) is 8.98. The van der Waals surface area contributed by atoms with Crippen LogP contribution in [0.15, 0.2) is 42.7 Å². The number of pyridine rings is 2. The number of alkyl halides is 3. The molecule has 5 heterocycles. The summed E-state index contributed by atoms with van der Waals surface area (Å²) in [6, 6.07) is 8.12. The first kappa shape index (κ1) is 19.5. The largest absolute Gasteiger partial charge is 0.417 e. The van der Waals surface area contributed by atoms with Crippen molar-refractivity contribution in [2.75, 3.05) is 19.7 Å². The summed E-state index contributed by atoms with van der Waals surface area (Å²) in [5, 5.41) is 3.38. The van der Waals surface area contributed by atoms with Crippen LogP contribution in [0.5, 0.6) is 0 Å². The third-order valence-corrected chi connectivity index (χ3v) is 6.20. The van der Waals surface area contributed by atoms with Crippen molar-refractivity contribution in [2.45, 2.75) is 37.5 Å². The van der Waals surface area contributed by atoms with Crippen molar-refractivity contribution in [3.05, 3.63) is 54.0 Å². The van der Waals surface area contributed by atoms with E-state index in [9.17, 15) is 13.2 Å². The average Bonchev–Trinajstić information content (AvgIpc) is 3.32. The molecule has 2 aliphatic heterocycles. The molecule has 0 aliphatic carbocycles. The molecule has 0 amide bonds. The molecule has 3 aromatic heterocycles. The standard InChI is InChI=1S/C22H23F3N4O/c23-22(24,25)16-4-5-20-27-12-19(29(20)13-16)18-3-1-2-17(28-18)10-15-11-21(30-14-15)6-8-26-9-7-21/h1-5,12-13,15,26H,6-11,14H2/t15-/m1/s1. The number of nitrogens with zero attached hydrogens (tertiary/aromatic N) is 3. The Morgan fingerprint density at radius 1 is 1.17 bits per heavy atom. The second-order valence-electron chi connectivity index (χ2n) is 8.32. The molecule has 2 fully saturated rings. The molecular weight excluding hydrogens is 393 g/mol. The number of rotatable bonds is 3. The number of hydrogen-bond donors (Lipinski definition) is 1. The lowest BCUT2D eigenvalue weighted by Gasteiger charge is -2.33. The van der Waals surface area contributed by atoms with E-state index in [-0.39, 0.29) is 5.60 Å². The zero-order valence-corrected chi connectivity index (χ0v) is 16.5. The minimum absolute atomic E-state index is 0.00315. The fourth-order valence-electron chi connectivity index (χ4n) is 4.67. The zero-order valence-electron chi connectivity index (χ0n) is 16.5. The fraction of sp³-hybridized carbons (Fsp3) is 0.455. The van der Waals surface area contributed by atoms with Crippen molar-refractivity contribution in [3.63, 3.8) is 0 Å². The lowest BCUT2D eigenvalue weighted by atomic mass is 9.85. The fourth-order valence-corrected chi connectivity index (χ4v) is 4.67. The lowest BCUT2D eigenvalue weighted by Crippen LogP contribution is -2.41. The van der Waals surface area contributed by atoms with E-state index in [2.05, 4.69) is 10.3 Å². The highest BCUT2D eigenvalue weighted by molar-refractivity contribution is 5.60. The second kappa shape index (κ2) is 7.35. The van der Waals surface area contributed by atoms with Gasteiger partial charge in [-0.25, -0.2) is 4.98 Å². The summed E-state index contributed by atoms with van der Waals surface area (Å²) in [5.74, 6) is 0.407. The first-order chi connectivity index (χ1) is 14.4. The molecule has 0 unspecified atom stereocenters. The van der Waals surface area contributed by atoms with Gasteiger partial charge in [0, 0.05) is 11.9 Å². The van der Waals surface area contributed by atoms with Gasteiger partial charge in [-0.2, -0.15) is 13.2 Å². The molecule has 5 rings (SSSR count). The van der Waals surface area contributed by atoms with Crippen LogP contribution >= 0.6 is 0 Å². The van der Waals surface area contributed by atoms with E-state index >= 15 is 0 Å². The molecule has 1 atom stereocenters. The van der Waals surface area contributed by atoms with Gasteiger partial charge in [0.05, 0.1) is 35.4 Å². The molecule has 0 bridgehead atoms. The highest BCUT2D eigenvalue weighted by Crippen LogP contribution is 2.38. The molecule has 0 saturated carbocycles. The monoisotopic (exact) mass is 416 g/mol. The third kappa shape index (κ3) is 3.70. The predicted octanol–water partition coefficient (Wildman–Crippen LogP) is 4.12. The second-order valence-corrected chi connectivity index (χ2v) is 8.32. The lowest BCUT2D eigenvalue weighted by molar-refractivity contribution is -0.137. The molecule has 2 aliphatic rings. The van der Waals surface area contributed by atoms with Crippen LogP contribution in [0.2, 0.25) is 0 Å². The maximum absolute atomic E-state index is 13.1. The van der Waals surface area contributed by atoms with Crippen molar-refractivity contribution >= 4 is 5.65 Å². The Morgan fingerprint density at radius 2 is 2.00 bits per heavy atom. The molecule has 1 N–H and O–H groups in total. The van der Waals surface area contributed by atoms with Crippen LogP contribution in [0.3, 0.4) is 0 Å². The van der Waals surface area contributed by atoms with Crippen molar-refractivity contribution in [3.8, 4) is 11.4 Å². The molecule has 0 aromatic carbocycles. The van der Waals surface area contributed by atoms with Gasteiger partial charge in [-0.3, -0.25) is 9.38 Å². The van der Waals surface area contributed by atoms with Gasteiger partial charge in [0.1, 0.15) is 5.65 Å². The summed E-state index contributed by atoms with van der Waals surface area (Å²) >= 11 is 0. The van der Waals surface area contributed by atoms with E-state index in [1.807, 2.05) is 18.2 Å². The van der Waals surface area contributed by atoms with Crippen LogP contribution in [0.1, 0.15) is 30.5 Å². The molecular formula is C22H23F3N4O. The van der Waals surface area contributed by atoms with Crippen LogP contribution in [0.25, 0.3) is 17.0 Å². The normalized spacial score (nSPS) is 21.5. The van der Waals surface area contributed by atoms with E-state index in [0.717, 1.165) is 63.3 Å². The van der Waals surface area contributed by atoms with Gasteiger partial charge in [-0.1, -0.05) is 6.07 Å². The van der Waals surface area contributed by atoms with Crippen LogP contribution < -0.4 is 5.32 Å². The zero-order chi connectivity index (χ0) is 20.8. The molecule has 1 spiro atoms. The number of aromatic nitrogens is 3. The summed E-state index contributed by atoms with van der Waals surface area (Å²) < 4.78 is 47.0. The minimum Gasteiger partial charge on any atom is -0.375 e.